The highest BCUT2D eigenvalue weighted by Gasteiger charge is 2.25. The van der Waals surface area contributed by atoms with Gasteiger partial charge in [0, 0.05) is 19.3 Å². The predicted molar refractivity (Wildman–Crippen MR) is 272 cm³/mol. The number of hydrogen-bond acceptors (Lipinski definition) is 7. The normalized spacial score (nSPS) is 13.6. The van der Waals surface area contributed by atoms with Crippen molar-refractivity contribution in [2.75, 3.05) is 41.0 Å². The third-order valence-electron chi connectivity index (χ3n) is 11.3. The summed E-state index contributed by atoms with van der Waals surface area (Å²) in [4.78, 5) is 37.1. The number of hydrogen-bond donors (Lipinski definition) is 0. The first-order valence-corrected chi connectivity index (χ1v) is 26.1. The maximum absolute atomic E-state index is 12.8. The molecule has 0 aliphatic rings. The Morgan fingerprint density at radius 3 is 1.37 bits per heavy atom. The molecule has 0 heterocycles. The lowest BCUT2D eigenvalue weighted by Gasteiger charge is -2.34. The Labute approximate surface area is 399 Å². The van der Waals surface area contributed by atoms with Crippen molar-refractivity contribution in [1.82, 2.24) is 0 Å². The van der Waals surface area contributed by atoms with E-state index in [0.29, 0.717) is 12.8 Å². The van der Waals surface area contributed by atoms with Crippen LogP contribution >= 0.6 is 0 Å². The molecule has 0 aromatic carbocycles. The van der Waals surface area contributed by atoms with Crippen LogP contribution in [0.2, 0.25) is 0 Å². The molecule has 2 atom stereocenters. The molecular formula is C57H97NO7. The SMILES string of the molecule is CC/C=C/C/C=C/C/C=C/C/C=C/C/C=C/CCCCCCCCCC(=O)OCC(COCCC(C(=O)[O-])[N+](C)(C)C)OC(=O)CCCCCCC/C=C/C=C/CCCCCCCCC. The molecule has 0 aromatic rings. The summed E-state index contributed by atoms with van der Waals surface area (Å²) in [5.74, 6) is -1.77. The van der Waals surface area contributed by atoms with Gasteiger partial charge in [-0.3, -0.25) is 9.59 Å². The number of esters is 2. The molecule has 2 unspecified atom stereocenters. The number of likely N-dealkylation sites (N-methyl/N-ethyl adjacent to an activating group) is 1. The first-order chi connectivity index (χ1) is 31.6. The number of carboxylic acid groups (broad SMARTS) is 1. The number of carbonyl (C=O) groups excluding carboxylic acids is 3. The van der Waals surface area contributed by atoms with Crippen LogP contribution in [0.15, 0.2) is 85.1 Å². The van der Waals surface area contributed by atoms with E-state index in [-0.39, 0.29) is 42.7 Å². The molecule has 0 aliphatic carbocycles. The van der Waals surface area contributed by atoms with Crippen LogP contribution in [-0.4, -0.2) is 75.5 Å². The maximum Gasteiger partial charge on any atom is 0.306 e. The van der Waals surface area contributed by atoms with Gasteiger partial charge in [0.2, 0.25) is 0 Å². The minimum atomic E-state index is -1.13. The number of rotatable bonds is 46. The summed E-state index contributed by atoms with van der Waals surface area (Å²) in [5.41, 5.74) is 0. The number of carbonyl (C=O) groups is 3. The van der Waals surface area contributed by atoms with Gasteiger partial charge in [0.05, 0.1) is 40.3 Å². The standard InChI is InChI=1S/C57H97NO7/c1-6-8-10-12-14-16-18-20-22-24-26-27-28-29-30-32-33-35-37-39-41-43-45-47-55(59)64-52-53(51-63-50-49-54(57(61)62)58(3,4)5)65-56(60)48-46-44-42-40-38-36-34-31-25-23-21-19-17-15-13-11-9-7-2/h8,10,14,16,20,22-23,25-27,29-31,34,53-54H,6-7,9,11-13,15,17-19,21,24,28,32-33,35-52H2,1-5H3/b10-8+,16-14+,22-20+,25-23+,27-26+,30-29+,34-31+. The smallest absolute Gasteiger partial charge is 0.306 e. The van der Waals surface area contributed by atoms with E-state index in [1.165, 1.54) is 64.2 Å². The molecule has 0 fully saturated rings. The molecule has 0 aliphatic heterocycles. The van der Waals surface area contributed by atoms with E-state index in [1.54, 1.807) is 21.1 Å². The van der Waals surface area contributed by atoms with Gasteiger partial charge in [-0.05, 0) is 83.5 Å². The van der Waals surface area contributed by atoms with Crippen LogP contribution in [0.4, 0.5) is 0 Å². The maximum atomic E-state index is 12.8. The summed E-state index contributed by atoms with van der Waals surface area (Å²) >= 11 is 0. The number of allylic oxidation sites excluding steroid dienone is 14. The first kappa shape index (κ1) is 61.5. The van der Waals surface area contributed by atoms with Crippen molar-refractivity contribution in [2.24, 2.45) is 0 Å². The molecule has 0 saturated heterocycles. The second kappa shape index (κ2) is 47.0. The predicted octanol–water partition coefficient (Wildman–Crippen LogP) is 13.9. The minimum Gasteiger partial charge on any atom is -0.544 e. The van der Waals surface area contributed by atoms with Gasteiger partial charge in [0.25, 0.3) is 0 Å². The zero-order valence-electron chi connectivity index (χ0n) is 42.4. The minimum absolute atomic E-state index is 0.0266. The van der Waals surface area contributed by atoms with E-state index in [1.807, 2.05) is 0 Å². The highest BCUT2D eigenvalue weighted by atomic mass is 16.6. The zero-order chi connectivity index (χ0) is 47.7. The topological polar surface area (TPSA) is 102 Å². The number of aliphatic carboxylic acids is 1. The van der Waals surface area contributed by atoms with Crippen molar-refractivity contribution in [3.63, 3.8) is 0 Å². The molecule has 0 N–H and O–H groups in total. The average Bonchev–Trinajstić information content (AvgIpc) is 3.27. The summed E-state index contributed by atoms with van der Waals surface area (Å²) < 4.78 is 17.2. The van der Waals surface area contributed by atoms with Crippen LogP contribution in [0.25, 0.3) is 0 Å². The van der Waals surface area contributed by atoms with E-state index in [4.69, 9.17) is 14.2 Å². The van der Waals surface area contributed by atoms with Gasteiger partial charge in [-0.1, -0.05) is 189 Å². The molecular weight excluding hydrogens is 811 g/mol. The third kappa shape index (κ3) is 45.5. The second-order valence-corrected chi connectivity index (χ2v) is 18.4. The molecule has 0 rings (SSSR count). The number of unbranched alkanes of at least 4 members (excludes halogenated alkanes) is 19. The van der Waals surface area contributed by atoms with Crippen LogP contribution < -0.4 is 5.11 Å². The summed E-state index contributed by atoms with van der Waals surface area (Å²) in [6.45, 7) is 4.52. The second-order valence-electron chi connectivity index (χ2n) is 18.4. The van der Waals surface area contributed by atoms with E-state index < -0.39 is 18.1 Å². The van der Waals surface area contributed by atoms with Gasteiger partial charge in [0.15, 0.2) is 6.10 Å². The van der Waals surface area contributed by atoms with Crippen LogP contribution in [0.3, 0.4) is 0 Å². The largest absolute Gasteiger partial charge is 0.544 e. The Hall–Kier alpha value is -3.49. The molecule has 0 spiro atoms. The van der Waals surface area contributed by atoms with Gasteiger partial charge in [-0.15, -0.1) is 0 Å². The van der Waals surface area contributed by atoms with Crippen molar-refractivity contribution in [2.45, 2.75) is 219 Å². The zero-order valence-corrected chi connectivity index (χ0v) is 42.4. The molecule has 8 heteroatoms. The lowest BCUT2D eigenvalue weighted by molar-refractivity contribution is -0.889. The lowest BCUT2D eigenvalue weighted by Crippen LogP contribution is -2.55. The fourth-order valence-electron chi connectivity index (χ4n) is 7.26. The number of ether oxygens (including phenoxy) is 3. The van der Waals surface area contributed by atoms with Crippen molar-refractivity contribution in [1.29, 1.82) is 0 Å². The number of quaternary nitrogens is 1. The third-order valence-corrected chi connectivity index (χ3v) is 11.3. The van der Waals surface area contributed by atoms with E-state index in [9.17, 15) is 19.5 Å². The summed E-state index contributed by atoms with van der Waals surface area (Å²) in [5, 5.41) is 11.7. The lowest BCUT2D eigenvalue weighted by atomic mass is 10.1. The number of nitrogens with zero attached hydrogens (tertiary/aromatic N) is 1. The molecule has 8 nitrogen and oxygen atoms in total. The Kier molecular flexibility index (Phi) is 44.5. The van der Waals surface area contributed by atoms with Gasteiger partial charge >= 0.3 is 11.9 Å². The van der Waals surface area contributed by atoms with Gasteiger partial charge in [-0.2, -0.15) is 0 Å². The van der Waals surface area contributed by atoms with Gasteiger partial charge in [-0.25, -0.2) is 0 Å². The molecule has 0 saturated carbocycles. The Morgan fingerprint density at radius 2 is 0.908 bits per heavy atom. The van der Waals surface area contributed by atoms with Crippen molar-refractivity contribution in [3.05, 3.63) is 85.1 Å². The highest BCUT2D eigenvalue weighted by molar-refractivity contribution is 5.70. The molecule has 0 amide bonds. The van der Waals surface area contributed by atoms with Crippen LogP contribution in [0.1, 0.15) is 206 Å². The van der Waals surface area contributed by atoms with Crippen LogP contribution in [-0.2, 0) is 28.6 Å². The summed E-state index contributed by atoms with van der Waals surface area (Å²) in [6, 6.07) is -0.735. The van der Waals surface area contributed by atoms with E-state index >= 15 is 0 Å². The fraction of sp³-hybridized carbons (Fsp3) is 0.702. The molecule has 65 heavy (non-hydrogen) atoms. The number of carboxylic acids is 1. The van der Waals surface area contributed by atoms with E-state index in [0.717, 1.165) is 109 Å². The summed E-state index contributed by atoms with van der Waals surface area (Å²) in [6.07, 6.45) is 61.8. The average molecular weight is 908 g/mol. The van der Waals surface area contributed by atoms with Crippen LogP contribution in [0.5, 0.6) is 0 Å². The highest BCUT2D eigenvalue weighted by Crippen LogP contribution is 2.14. The van der Waals surface area contributed by atoms with Crippen molar-refractivity contribution >= 4 is 17.9 Å². The Morgan fingerprint density at radius 1 is 0.492 bits per heavy atom. The Bertz CT molecular complexity index is 1330. The van der Waals surface area contributed by atoms with E-state index in [2.05, 4.69) is 98.9 Å². The molecule has 372 valence electrons. The van der Waals surface area contributed by atoms with Gasteiger partial charge < -0.3 is 28.6 Å². The monoisotopic (exact) mass is 908 g/mol. The summed E-state index contributed by atoms with van der Waals surface area (Å²) in [7, 11) is 5.40. The fourth-order valence-corrected chi connectivity index (χ4v) is 7.26. The molecule has 0 radical (unpaired) electrons. The van der Waals surface area contributed by atoms with Crippen LogP contribution in [0, 0.1) is 0 Å². The molecule has 0 bridgehead atoms. The molecule has 0 aromatic heterocycles. The Balaban J connectivity index is 4.30. The quantitative estimate of drug-likeness (QED) is 0.0197. The van der Waals surface area contributed by atoms with Gasteiger partial charge in [0.1, 0.15) is 12.6 Å². The van der Waals surface area contributed by atoms with Crippen molar-refractivity contribution in [3.8, 4) is 0 Å². The first-order valence-electron chi connectivity index (χ1n) is 26.1. The van der Waals surface area contributed by atoms with Crippen molar-refractivity contribution < 1.29 is 38.2 Å².